The largest absolute Gasteiger partial charge is 0.491 e. The third-order valence-corrected chi connectivity index (χ3v) is 4.12. The van der Waals surface area contributed by atoms with Crippen LogP contribution < -0.4 is 14.2 Å². The highest BCUT2D eigenvalue weighted by Crippen LogP contribution is 2.25. The van der Waals surface area contributed by atoms with E-state index in [4.69, 9.17) is 19.3 Å². The fourth-order valence-corrected chi connectivity index (χ4v) is 2.68. The first-order valence-electron chi connectivity index (χ1n) is 8.32. The second-order valence-electron chi connectivity index (χ2n) is 5.86. The van der Waals surface area contributed by atoms with E-state index in [0.29, 0.717) is 36.9 Å². The molecule has 2 heterocycles. The van der Waals surface area contributed by atoms with Gasteiger partial charge < -0.3 is 24.2 Å². The molecule has 2 aromatic rings. The average molecular weight is 359 g/mol. The smallest absolute Gasteiger partial charge is 0.276 e. The van der Waals surface area contributed by atoms with E-state index in [1.807, 2.05) is 0 Å². The number of nitrogens with zero attached hydrogens (tertiary/aromatic N) is 3. The normalized spacial score (nSPS) is 16.4. The molecule has 0 saturated carbocycles. The van der Waals surface area contributed by atoms with E-state index in [9.17, 15) is 4.79 Å². The van der Waals surface area contributed by atoms with Crippen molar-refractivity contribution in [2.24, 2.45) is 0 Å². The Labute approximate surface area is 151 Å². The summed E-state index contributed by atoms with van der Waals surface area (Å²) in [7, 11) is 1.54. The Morgan fingerprint density at radius 1 is 1.31 bits per heavy atom. The summed E-state index contributed by atoms with van der Waals surface area (Å²) in [6, 6.07) is 8.65. The van der Waals surface area contributed by atoms with E-state index in [-0.39, 0.29) is 25.2 Å². The van der Waals surface area contributed by atoms with Gasteiger partial charge in [-0.1, -0.05) is 12.1 Å². The van der Waals surface area contributed by atoms with Crippen LogP contribution in [0.2, 0.25) is 0 Å². The van der Waals surface area contributed by atoms with Crippen LogP contribution in [0, 0.1) is 0 Å². The fourth-order valence-electron chi connectivity index (χ4n) is 2.68. The van der Waals surface area contributed by atoms with Crippen molar-refractivity contribution in [1.29, 1.82) is 0 Å². The number of hydrogen-bond acceptors (Lipinski definition) is 7. The summed E-state index contributed by atoms with van der Waals surface area (Å²) in [6.45, 7) is 0.995. The molecule has 3 rings (SSSR count). The summed E-state index contributed by atoms with van der Waals surface area (Å²) in [5.41, 5.74) is 0.794. The van der Waals surface area contributed by atoms with E-state index in [1.54, 1.807) is 42.3 Å². The molecule has 0 aliphatic carbocycles. The summed E-state index contributed by atoms with van der Waals surface area (Å²) < 4.78 is 16.5. The molecule has 8 heteroatoms. The van der Waals surface area contributed by atoms with Gasteiger partial charge in [-0.3, -0.25) is 4.79 Å². The van der Waals surface area contributed by atoms with Gasteiger partial charge in [-0.15, -0.1) is 5.10 Å². The highest BCUT2D eigenvalue weighted by Gasteiger charge is 2.29. The maximum atomic E-state index is 12.3. The van der Waals surface area contributed by atoms with E-state index in [2.05, 4.69) is 10.2 Å². The monoisotopic (exact) mass is 359 g/mol. The van der Waals surface area contributed by atoms with Crippen LogP contribution in [-0.4, -0.2) is 59.0 Å². The van der Waals surface area contributed by atoms with Crippen molar-refractivity contribution in [3.05, 3.63) is 42.1 Å². The Hall–Kier alpha value is -2.87. The van der Waals surface area contributed by atoms with Gasteiger partial charge in [-0.2, -0.15) is 5.10 Å². The minimum atomic E-state index is -0.159. The number of likely N-dealkylation sites (tertiary alicyclic amines) is 1. The molecule has 8 nitrogen and oxygen atoms in total. The number of carbonyl (C=O) groups is 1. The second kappa shape index (κ2) is 8.48. The Balaban J connectivity index is 1.49. The molecular weight excluding hydrogens is 338 g/mol. The van der Waals surface area contributed by atoms with E-state index < -0.39 is 0 Å². The van der Waals surface area contributed by atoms with Crippen molar-refractivity contribution in [3.63, 3.8) is 0 Å². The number of aliphatic hydroxyl groups is 1. The number of aromatic nitrogens is 2. The lowest BCUT2D eigenvalue weighted by atomic mass is 10.2. The van der Waals surface area contributed by atoms with Crippen LogP contribution in [0.5, 0.6) is 17.4 Å². The molecule has 1 unspecified atom stereocenters. The van der Waals surface area contributed by atoms with Crippen LogP contribution >= 0.6 is 0 Å². The minimum Gasteiger partial charge on any atom is -0.491 e. The van der Waals surface area contributed by atoms with Gasteiger partial charge in [0.25, 0.3) is 11.8 Å². The number of aliphatic hydroxyl groups excluding tert-OH is 1. The molecule has 1 aliphatic rings. The van der Waals surface area contributed by atoms with Gasteiger partial charge in [0.2, 0.25) is 0 Å². The minimum absolute atomic E-state index is 0.0229. The third kappa shape index (κ3) is 4.40. The lowest BCUT2D eigenvalue weighted by molar-refractivity contribution is -0.132. The Morgan fingerprint density at radius 2 is 2.12 bits per heavy atom. The number of rotatable bonds is 7. The SMILES string of the molecule is COc1ccnnc1OC1CCN(C(=O)COc2ccc(CO)cc2)C1. The lowest BCUT2D eigenvalue weighted by Gasteiger charge is -2.17. The standard InChI is InChI=1S/C18H21N3O5/c1-24-16-6-8-19-20-18(16)26-15-7-9-21(10-15)17(23)12-25-14-4-2-13(11-22)3-5-14/h2-6,8,15,22H,7,9-12H2,1H3. The van der Waals surface area contributed by atoms with Crippen molar-refractivity contribution in [2.45, 2.75) is 19.1 Å². The van der Waals surface area contributed by atoms with Gasteiger partial charge >= 0.3 is 0 Å². The highest BCUT2D eigenvalue weighted by molar-refractivity contribution is 5.78. The van der Waals surface area contributed by atoms with Crippen molar-refractivity contribution in [1.82, 2.24) is 15.1 Å². The summed E-state index contributed by atoms with van der Waals surface area (Å²) in [6.07, 6.45) is 2.07. The predicted molar refractivity (Wildman–Crippen MR) is 92.1 cm³/mol. The number of ether oxygens (including phenoxy) is 3. The molecule has 1 N–H and O–H groups in total. The first-order chi connectivity index (χ1) is 12.7. The molecule has 1 fully saturated rings. The molecule has 1 aromatic carbocycles. The van der Waals surface area contributed by atoms with Gasteiger partial charge in [0.05, 0.1) is 26.5 Å². The van der Waals surface area contributed by atoms with Gasteiger partial charge in [-0.05, 0) is 17.7 Å². The van der Waals surface area contributed by atoms with Gasteiger partial charge in [0.15, 0.2) is 12.4 Å². The van der Waals surface area contributed by atoms with Crippen LogP contribution in [0.1, 0.15) is 12.0 Å². The fraction of sp³-hybridized carbons (Fsp3) is 0.389. The van der Waals surface area contributed by atoms with Crippen molar-refractivity contribution < 1.29 is 24.1 Å². The van der Waals surface area contributed by atoms with Crippen molar-refractivity contribution in [2.75, 3.05) is 26.8 Å². The molecule has 1 saturated heterocycles. The van der Waals surface area contributed by atoms with Gasteiger partial charge in [0.1, 0.15) is 11.9 Å². The molecule has 1 atom stereocenters. The Kier molecular flexibility index (Phi) is 5.85. The molecule has 0 bridgehead atoms. The molecule has 0 radical (unpaired) electrons. The lowest BCUT2D eigenvalue weighted by Crippen LogP contribution is -2.34. The maximum absolute atomic E-state index is 12.3. The van der Waals surface area contributed by atoms with Crippen LogP contribution in [-0.2, 0) is 11.4 Å². The van der Waals surface area contributed by atoms with E-state index >= 15 is 0 Å². The number of methoxy groups -OCH3 is 1. The molecule has 26 heavy (non-hydrogen) atoms. The number of carbonyl (C=O) groups excluding carboxylic acids is 1. The molecular formula is C18H21N3O5. The number of benzene rings is 1. The number of hydrogen-bond donors (Lipinski definition) is 1. The summed E-state index contributed by atoms with van der Waals surface area (Å²) >= 11 is 0. The second-order valence-corrected chi connectivity index (χ2v) is 5.86. The topological polar surface area (TPSA) is 94.0 Å². The number of amides is 1. The molecule has 138 valence electrons. The zero-order valence-electron chi connectivity index (χ0n) is 14.5. The summed E-state index contributed by atoms with van der Waals surface area (Å²) in [5, 5.41) is 16.7. The van der Waals surface area contributed by atoms with Crippen LogP contribution in [0.4, 0.5) is 0 Å². The van der Waals surface area contributed by atoms with E-state index in [1.165, 1.54) is 6.20 Å². The Morgan fingerprint density at radius 3 is 2.85 bits per heavy atom. The molecule has 1 aromatic heterocycles. The highest BCUT2D eigenvalue weighted by atomic mass is 16.5. The molecule has 1 aliphatic heterocycles. The first kappa shape index (κ1) is 17.9. The summed E-state index contributed by atoms with van der Waals surface area (Å²) in [5.74, 6) is 1.33. The average Bonchev–Trinajstić information content (AvgIpc) is 3.15. The maximum Gasteiger partial charge on any atom is 0.276 e. The molecule has 1 amide bonds. The first-order valence-corrected chi connectivity index (χ1v) is 8.32. The van der Waals surface area contributed by atoms with Crippen molar-refractivity contribution >= 4 is 5.91 Å². The zero-order valence-corrected chi connectivity index (χ0v) is 14.5. The predicted octanol–water partition coefficient (Wildman–Crippen LogP) is 1.04. The van der Waals surface area contributed by atoms with Crippen LogP contribution in [0.3, 0.4) is 0 Å². The zero-order chi connectivity index (χ0) is 18.4. The quantitative estimate of drug-likeness (QED) is 0.789. The van der Waals surface area contributed by atoms with Crippen LogP contribution in [0.25, 0.3) is 0 Å². The van der Waals surface area contributed by atoms with Gasteiger partial charge in [0, 0.05) is 19.0 Å². The third-order valence-electron chi connectivity index (χ3n) is 4.12. The molecule has 0 spiro atoms. The Bertz CT molecular complexity index is 738. The van der Waals surface area contributed by atoms with Gasteiger partial charge in [-0.25, -0.2) is 0 Å². The van der Waals surface area contributed by atoms with Crippen molar-refractivity contribution in [3.8, 4) is 17.4 Å². The van der Waals surface area contributed by atoms with Crippen LogP contribution in [0.15, 0.2) is 36.5 Å². The summed E-state index contributed by atoms with van der Waals surface area (Å²) in [4.78, 5) is 14.0. The van der Waals surface area contributed by atoms with E-state index in [0.717, 1.165) is 5.56 Å².